The van der Waals surface area contributed by atoms with E-state index in [1.165, 1.54) is 0 Å². The number of nitrogens with two attached hydrogens (primary N) is 1. The van der Waals surface area contributed by atoms with Crippen LogP contribution in [0.25, 0.3) is 5.76 Å². The van der Waals surface area contributed by atoms with Crippen molar-refractivity contribution in [2.45, 2.75) is 43.8 Å². The Labute approximate surface area is 255 Å². The van der Waals surface area contributed by atoms with Gasteiger partial charge in [-0.3, -0.25) is 14.4 Å². The average Bonchev–Trinajstić information content (AvgIpc) is 3.01. The van der Waals surface area contributed by atoms with Gasteiger partial charge in [0.15, 0.2) is 11.4 Å². The number of fused-ring (bicyclic) bond motifs is 3. The molecule has 0 aromatic heterocycles. The highest BCUT2D eigenvalue weighted by Gasteiger charge is 2.68. The molecule has 9 nitrogen and oxygen atoms in total. The Morgan fingerprint density at radius 2 is 1.59 bits per heavy atom. The summed E-state index contributed by atoms with van der Waals surface area (Å²) in [6, 6.07) is 23.6. The fourth-order valence-electron chi connectivity index (χ4n) is 7.31. The van der Waals surface area contributed by atoms with E-state index in [1.54, 1.807) is 25.1 Å². The minimum Gasteiger partial charge on any atom is -0.507 e. The lowest BCUT2D eigenvalue weighted by Crippen LogP contribution is -2.73. The number of amides is 1. The van der Waals surface area contributed by atoms with Gasteiger partial charge in [-0.2, -0.15) is 0 Å². The van der Waals surface area contributed by atoms with Gasteiger partial charge < -0.3 is 30.3 Å². The normalized spacial score (nSPS) is 27.9. The fourth-order valence-corrected chi connectivity index (χ4v) is 7.31. The van der Waals surface area contributed by atoms with Crippen molar-refractivity contribution in [2.75, 3.05) is 14.1 Å². The summed E-state index contributed by atoms with van der Waals surface area (Å²) in [4.78, 5) is 43.0. The van der Waals surface area contributed by atoms with Crippen LogP contribution in [-0.2, 0) is 38.8 Å². The zero-order valence-electron chi connectivity index (χ0n) is 24.7. The van der Waals surface area contributed by atoms with Crippen molar-refractivity contribution >= 4 is 23.2 Å². The number of likely N-dealkylation sites (N-methyl/N-ethyl adjacent to an activating group) is 1. The molecule has 2 unspecified atom stereocenters. The number of aliphatic hydroxyl groups is 2. The number of ketones is 2. The van der Waals surface area contributed by atoms with Crippen LogP contribution in [0.4, 0.5) is 0 Å². The highest BCUT2D eigenvalue weighted by Crippen LogP contribution is 2.52. The molecule has 0 radical (unpaired) electrons. The highest BCUT2D eigenvalue weighted by atomic mass is 16.5. The summed E-state index contributed by atoms with van der Waals surface area (Å²) >= 11 is 0. The first kappa shape index (κ1) is 29.7. The Kier molecular flexibility index (Phi) is 7.88. The second-order valence-electron chi connectivity index (χ2n) is 12.1. The molecule has 4 N–H and O–H groups in total. The van der Waals surface area contributed by atoms with Crippen molar-refractivity contribution in [3.8, 4) is 5.75 Å². The summed E-state index contributed by atoms with van der Waals surface area (Å²) in [5.41, 5.74) is 6.12. The molecule has 44 heavy (non-hydrogen) atoms. The van der Waals surface area contributed by atoms with E-state index < -0.39 is 53.0 Å². The second-order valence-corrected chi connectivity index (χ2v) is 12.1. The molecular weight excluding hydrogens is 560 g/mol. The third kappa shape index (κ3) is 4.91. The molecule has 0 bridgehead atoms. The Morgan fingerprint density at radius 3 is 2.20 bits per heavy atom. The zero-order valence-corrected chi connectivity index (χ0v) is 24.7. The lowest BCUT2D eigenvalue weighted by Gasteiger charge is -2.54. The number of ether oxygens (including phenoxy) is 2. The molecule has 3 aliphatic rings. The van der Waals surface area contributed by atoms with Crippen LogP contribution in [0, 0.1) is 17.8 Å². The summed E-state index contributed by atoms with van der Waals surface area (Å²) in [5.74, 6) is -5.75. The maximum atomic E-state index is 14.3. The van der Waals surface area contributed by atoms with Crippen molar-refractivity contribution in [1.82, 2.24) is 4.90 Å². The van der Waals surface area contributed by atoms with Gasteiger partial charge in [0.2, 0.25) is 11.7 Å². The predicted octanol–water partition coefficient (Wildman–Crippen LogP) is 3.23. The van der Waals surface area contributed by atoms with Gasteiger partial charge in [0.25, 0.3) is 0 Å². The monoisotopic (exact) mass is 596 g/mol. The molecule has 9 heteroatoms. The molecule has 3 aliphatic carbocycles. The summed E-state index contributed by atoms with van der Waals surface area (Å²) in [6.45, 7) is 0.359. The van der Waals surface area contributed by atoms with Gasteiger partial charge in [0.1, 0.15) is 24.0 Å². The van der Waals surface area contributed by atoms with Crippen LogP contribution in [0.3, 0.4) is 0 Å². The first-order valence-electron chi connectivity index (χ1n) is 14.8. The van der Waals surface area contributed by atoms with Gasteiger partial charge in [-0.15, -0.1) is 0 Å². The number of nitrogens with zero attached hydrogens (tertiary/aromatic N) is 1. The molecule has 3 aromatic carbocycles. The van der Waals surface area contributed by atoms with Crippen molar-refractivity contribution in [3.63, 3.8) is 0 Å². The maximum absolute atomic E-state index is 14.3. The molecule has 3 aromatic rings. The van der Waals surface area contributed by atoms with E-state index in [0.29, 0.717) is 17.7 Å². The molecule has 0 aliphatic heterocycles. The number of rotatable bonds is 8. The van der Waals surface area contributed by atoms with Crippen molar-refractivity contribution < 1.29 is 34.1 Å². The number of benzene rings is 3. The molecule has 1 amide bonds. The summed E-state index contributed by atoms with van der Waals surface area (Å²) in [6.07, 6.45) is -0.388. The van der Waals surface area contributed by atoms with Gasteiger partial charge in [-0.25, -0.2) is 0 Å². The standard InChI is InChI=1S/C35H36N2O7/c1-37(2)29-24-17-23-16-22-14-9-15-25(43-18-20-10-5-3-6-11-20)26(22)30(38)27(23)32(39)35(24,42)33(40)28(34(36)41)31(29)44-19-21-12-7-4-8-13-21/h3-15,23-24,28-29,31,38,42H,16-19H2,1-2H3,(H2,36,41)/t23-,24-,28?,29-,31?,35-/m1/s1. The van der Waals surface area contributed by atoms with Crippen LogP contribution in [0.1, 0.15) is 28.7 Å². The van der Waals surface area contributed by atoms with Gasteiger partial charge in [0, 0.05) is 17.5 Å². The number of hydrogen-bond donors (Lipinski definition) is 3. The lowest BCUT2D eigenvalue weighted by molar-refractivity contribution is -0.190. The first-order valence-corrected chi connectivity index (χ1v) is 14.8. The van der Waals surface area contributed by atoms with Crippen LogP contribution < -0.4 is 10.5 Å². The lowest BCUT2D eigenvalue weighted by atomic mass is 9.54. The van der Waals surface area contributed by atoms with Crippen LogP contribution in [0.2, 0.25) is 0 Å². The molecule has 0 heterocycles. The SMILES string of the molecule is CN(C)[C@H]1C(OCc2ccccc2)C(C(N)=O)C(=O)[C@]2(O)C(=O)C3=C(O)c4c(cccc4OCc4ccccc4)C[C@@H]3C[C@H]12. The third-order valence-electron chi connectivity index (χ3n) is 9.31. The largest absolute Gasteiger partial charge is 0.507 e. The Bertz CT molecular complexity index is 1620. The topological polar surface area (TPSA) is 139 Å². The van der Waals surface area contributed by atoms with E-state index in [0.717, 1.165) is 16.7 Å². The second kappa shape index (κ2) is 11.6. The first-order chi connectivity index (χ1) is 21.1. The van der Waals surface area contributed by atoms with Crippen LogP contribution >= 0.6 is 0 Å². The molecule has 0 saturated heterocycles. The maximum Gasteiger partial charge on any atom is 0.230 e. The molecule has 2 fully saturated rings. The molecular formula is C35H36N2O7. The van der Waals surface area contributed by atoms with E-state index in [1.807, 2.05) is 72.8 Å². The van der Waals surface area contributed by atoms with Gasteiger partial charge in [0.05, 0.1) is 18.3 Å². The zero-order chi connectivity index (χ0) is 31.2. The average molecular weight is 597 g/mol. The number of hydrogen-bond acceptors (Lipinski definition) is 8. The molecule has 6 atom stereocenters. The highest BCUT2D eigenvalue weighted by molar-refractivity contribution is 6.25. The Balaban J connectivity index is 1.38. The minimum absolute atomic E-state index is 0.0234. The number of Topliss-reactive ketones (excluding diaryl/α,β-unsaturated/α-hetero) is 2. The van der Waals surface area contributed by atoms with E-state index in [-0.39, 0.29) is 31.0 Å². The number of carbonyl (C=O) groups excluding carboxylic acids is 3. The molecule has 0 spiro atoms. The molecule has 6 rings (SSSR count). The molecule has 228 valence electrons. The van der Waals surface area contributed by atoms with Gasteiger partial charge in [-0.05, 0) is 55.6 Å². The fraction of sp³-hybridized carbons (Fsp3) is 0.343. The summed E-state index contributed by atoms with van der Waals surface area (Å²) < 4.78 is 12.3. The van der Waals surface area contributed by atoms with E-state index in [2.05, 4.69) is 0 Å². The summed E-state index contributed by atoms with van der Waals surface area (Å²) in [7, 11) is 3.52. The number of carbonyl (C=O) groups is 3. The molecule has 2 saturated carbocycles. The predicted molar refractivity (Wildman–Crippen MR) is 162 cm³/mol. The summed E-state index contributed by atoms with van der Waals surface area (Å²) in [5, 5.41) is 23.8. The van der Waals surface area contributed by atoms with Crippen LogP contribution in [0.15, 0.2) is 84.4 Å². The van der Waals surface area contributed by atoms with Gasteiger partial charge >= 0.3 is 0 Å². The third-order valence-corrected chi connectivity index (χ3v) is 9.31. The van der Waals surface area contributed by atoms with E-state index in [4.69, 9.17) is 15.2 Å². The number of primary amides is 1. The Hall–Kier alpha value is -4.31. The van der Waals surface area contributed by atoms with E-state index in [9.17, 15) is 24.6 Å². The smallest absolute Gasteiger partial charge is 0.230 e. The van der Waals surface area contributed by atoms with Crippen LogP contribution in [0.5, 0.6) is 5.75 Å². The minimum atomic E-state index is -2.57. The van der Waals surface area contributed by atoms with Crippen molar-refractivity contribution in [2.24, 2.45) is 23.5 Å². The quantitative estimate of drug-likeness (QED) is 0.337. The van der Waals surface area contributed by atoms with Crippen molar-refractivity contribution in [3.05, 3.63) is 107 Å². The Morgan fingerprint density at radius 1 is 0.955 bits per heavy atom. The number of aliphatic hydroxyl groups excluding tert-OH is 1. The van der Waals surface area contributed by atoms with Crippen molar-refractivity contribution in [1.29, 1.82) is 0 Å². The van der Waals surface area contributed by atoms with Gasteiger partial charge in [-0.1, -0.05) is 72.8 Å². The van der Waals surface area contributed by atoms with E-state index >= 15 is 0 Å². The van der Waals surface area contributed by atoms with Crippen LogP contribution in [-0.4, -0.2) is 64.4 Å².